The molecule has 1 saturated heterocycles. The summed E-state index contributed by atoms with van der Waals surface area (Å²) in [5, 5.41) is 0. The Morgan fingerprint density at radius 3 is 2.84 bits per heavy atom. The lowest BCUT2D eigenvalue weighted by Crippen LogP contribution is -2.37. The zero-order valence-electron chi connectivity index (χ0n) is 14.6. The van der Waals surface area contributed by atoms with Gasteiger partial charge in [0.1, 0.15) is 11.6 Å². The molecule has 0 amide bonds. The molecule has 3 aromatic heterocycles. The molecule has 0 N–H and O–H groups in total. The highest BCUT2D eigenvalue weighted by atomic mass is 15.2. The van der Waals surface area contributed by atoms with E-state index in [1.807, 2.05) is 24.9 Å². The van der Waals surface area contributed by atoms with E-state index >= 15 is 0 Å². The highest BCUT2D eigenvalue weighted by molar-refractivity contribution is 5.40. The molecule has 0 bridgehead atoms. The topological polar surface area (TPSA) is 51.8 Å². The summed E-state index contributed by atoms with van der Waals surface area (Å²) in [7, 11) is 0. The van der Waals surface area contributed by atoms with E-state index in [1.54, 1.807) is 6.20 Å². The number of hydrogen-bond acceptors (Lipinski definition) is 4. The molecule has 0 spiro atoms. The number of pyridine rings is 1. The summed E-state index contributed by atoms with van der Waals surface area (Å²) in [6.07, 6.45) is 14.1. The fourth-order valence-electron chi connectivity index (χ4n) is 3.59. The lowest BCUT2D eigenvalue weighted by atomic mass is 9.98. The second-order valence-corrected chi connectivity index (χ2v) is 6.84. The number of rotatable bonds is 5. The molecule has 1 atom stereocenters. The van der Waals surface area contributed by atoms with E-state index in [4.69, 9.17) is 4.98 Å². The molecule has 0 aliphatic carbocycles. The zero-order valence-corrected chi connectivity index (χ0v) is 14.6. The van der Waals surface area contributed by atoms with E-state index in [2.05, 4.69) is 49.3 Å². The maximum absolute atomic E-state index is 4.70. The zero-order chi connectivity index (χ0) is 17.1. The van der Waals surface area contributed by atoms with Crippen LogP contribution < -0.4 is 4.90 Å². The minimum absolute atomic E-state index is 0.647. The van der Waals surface area contributed by atoms with Gasteiger partial charge in [0.2, 0.25) is 0 Å². The van der Waals surface area contributed by atoms with Crippen molar-refractivity contribution in [1.29, 1.82) is 0 Å². The Morgan fingerprint density at radius 1 is 1.16 bits per heavy atom. The van der Waals surface area contributed by atoms with Gasteiger partial charge in [0.25, 0.3) is 0 Å². The molecule has 6 nitrogen and oxygen atoms in total. The van der Waals surface area contributed by atoms with Crippen molar-refractivity contribution in [3.8, 4) is 0 Å². The van der Waals surface area contributed by atoms with Gasteiger partial charge in [-0.15, -0.1) is 0 Å². The van der Waals surface area contributed by atoms with Gasteiger partial charge in [-0.3, -0.25) is 0 Å². The van der Waals surface area contributed by atoms with Gasteiger partial charge >= 0.3 is 0 Å². The van der Waals surface area contributed by atoms with Gasteiger partial charge in [0, 0.05) is 57.2 Å². The highest BCUT2D eigenvalue weighted by Crippen LogP contribution is 2.23. The molecule has 0 radical (unpaired) electrons. The third kappa shape index (κ3) is 3.73. The molecule has 6 heteroatoms. The van der Waals surface area contributed by atoms with Gasteiger partial charge in [-0.1, -0.05) is 6.07 Å². The second-order valence-electron chi connectivity index (χ2n) is 6.84. The van der Waals surface area contributed by atoms with Crippen LogP contribution in [0.1, 0.15) is 24.2 Å². The van der Waals surface area contributed by atoms with Gasteiger partial charge in [0.15, 0.2) is 0 Å². The van der Waals surface area contributed by atoms with Crippen LogP contribution >= 0.6 is 0 Å². The summed E-state index contributed by atoms with van der Waals surface area (Å²) in [4.78, 5) is 15.5. The van der Waals surface area contributed by atoms with Crippen LogP contribution in [0, 0.1) is 12.8 Å². The number of anilines is 1. The molecule has 0 aromatic carbocycles. The molecular formula is C19H24N6. The molecule has 1 fully saturated rings. The lowest BCUT2D eigenvalue weighted by Gasteiger charge is -2.34. The first-order valence-electron chi connectivity index (χ1n) is 8.91. The molecule has 3 aromatic rings. The summed E-state index contributed by atoms with van der Waals surface area (Å²) in [6, 6.07) is 4.32. The molecule has 1 aliphatic heterocycles. The van der Waals surface area contributed by atoms with Gasteiger partial charge in [-0.25, -0.2) is 15.0 Å². The average Bonchev–Trinajstić information content (AvgIpc) is 3.28. The lowest BCUT2D eigenvalue weighted by molar-refractivity contribution is 0.362. The van der Waals surface area contributed by atoms with Crippen LogP contribution in [0.5, 0.6) is 0 Å². The molecular weight excluding hydrogens is 312 g/mol. The van der Waals surface area contributed by atoms with E-state index in [-0.39, 0.29) is 0 Å². The number of hydrogen-bond donors (Lipinski definition) is 0. The van der Waals surface area contributed by atoms with Crippen LogP contribution in [0.4, 0.5) is 5.82 Å². The van der Waals surface area contributed by atoms with E-state index in [1.165, 1.54) is 18.4 Å². The van der Waals surface area contributed by atoms with Crippen molar-refractivity contribution in [3.63, 3.8) is 0 Å². The van der Waals surface area contributed by atoms with E-state index in [0.717, 1.165) is 37.8 Å². The van der Waals surface area contributed by atoms with Crippen molar-refractivity contribution >= 4 is 5.82 Å². The third-order valence-corrected chi connectivity index (χ3v) is 4.95. The summed E-state index contributed by atoms with van der Waals surface area (Å²) < 4.78 is 4.32. The van der Waals surface area contributed by atoms with Crippen LogP contribution in [0.3, 0.4) is 0 Å². The van der Waals surface area contributed by atoms with Crippen LogP contribution in [0.2, 0.25) is 0 Å². The average molecular weight is 336 g/mol. The van der Waals surface area contributed by atoms with E-state index < -0.39 is 0 Å². The van der Waals surface area contributed by atoms with Crippen molar-refractivity contribution < 1.29 is 0 Å². The normalized spacial score (nSPS) is 17.8. The Kier molecular flexibility index (Phi) is 4.50. The number of aryl methyl sites for hydroxylation is 1. The largest absolute Gasteiger partial charge is 0.356 e. The van der Waals surface area contributed by atoms with Crippen molar-refractivity contribution in [2.24, 2.45) is 5.92 Å². The molecule has 25 heavy (non-hydrogen) atoms. The maximum atomic E-state index is 4.70. The molecule has 4 rings (SSSR count). The first-order valence-corrected chi connectivity index (χ1v) is 8.91. The predicted molar refractivity (Wildman–Crippen MR) is 97.5 cm³/mol. The molecule has 1 unspecified atom stereocenters. The Hall–Kier alpha value is -2.63. The summed E-state index contributed by atoms with van der Waals surface area (Å²) in [6.45, 7) is 6.08. The first-order chi connectivity index (χ1) is 12.3. The number of imidazole rings is 2. The van der Waals surface area contributed by atoms with Crippen LogP contribution in [-0.2, 0) is 13.1 Å². The molecule has 130 valence electrons. The Labute approximate surface area is 148 Å². The summed E-state index contributed by atoms with van der Waals surface area (Å²) in [5.74, 6) is 2.83. The first kappa shape index (κ1) is 15.9. The Balaban J connectivity index is 1.40. The standard InChI is InChI=1S/C19H24N6/c1-16-21-7-10-24(16)13-18-3-2-8-25(14-18)19-5-4-17(11-22-19)12-23-9-6-20-15-23/h4-7,9-11,15,18H,2-3,8,12-14H2,1H3. The van der Waals surface area contributed by atoms with Crippen LogP contribution in [0.25, 0.3) is 0 Å². The van der Waals surface area contributed by atoms with Crippen LogP contribution in [-0.4, -0.2) is 37.2 Å². The van der Waals surface area contributed by atoms with Gasteiger partial charge in [0.05, 0.1) is 6.33 Å². The van der Waals surface area contributed by atoms with E-state index in [9.17, 15) is 0 Å². The van der Waals surface area contributed by atoms with Crippen molar-refractivity contribution in [3.05, 3.63) is 60.8 Å². The smallest absolute Gasteiger partial charge is 0.128 e. The summed E-state index contributed by atoms with van der Waals surface area (Å²) >= 11 is 0. The monoisotopic (exact) mass is 336 g/mol. The Morgan fingerprint density at radius 2 is 2.12 bits per heavy atom. The van der Waals surface area contributed by atoms with E-state index in [0.29, 0.717) is 5.92 Å². The fourth-order valence-corrected chi connectivity index (χ4v) is 3.59. The molecule has 1 aliphatic rings. The quantitative estimate of drug-likeness (QED) is 0.719. The van der Waals surface area contributed by atoms with Gasteiger partial charge < -0.3 is 14.0 Å². The fraction of sp³-hybridized carbons (Fsp3) is 0.421. The molecule has 4 heterocycles. The predicted octanol–water partition coefficient (Wildman–Crippen LogP) is 2.75. The maximum Gasteiger partial charge on any atom is 0.128 e. The molecule has 0 saturated carbocycles. The van der Waals surface area contributed by atoms with Crippen molar-refractivity contribution in [1.82, 2.24) is 24.1 Å². The number of aromatic nitrogens is 5. The summed E-state index contributed by atoms with van der Waals surface area (Å²) in [5.41, 5.74) is 1.20. The van der Waals surface area contributed by atoms with Crippen molar-refractivity contribution in [2.45, 2.75) is 32.9 Å². The van der Waals surface area contributed by atoms with Crippen LogP contribution in [0.15, 0.2) is 49.4 Å². The minimum Gasteiger partial charge on any atom is -0.356 e. The second kappa shape index (κ2) is 7.09. The van der Waals surface area contributed by atoms with Crippen molar-refractivity contribution in [2.75, 3.05) is 18.0 Å². The third-order valence-electron chi connectivity index (χ3n) is 4.95. The Bertz CT molecular complexity index is 790. The van der Waals surface area contributed by atoms with Gasteiger partial charge in [-0.2, -0.15) is 0 Å². The van der Waals surface area contributed by atoms with Gasteiger partial charge in [-0.05, 0) is 37.3 Å². The SMILES string of the molecule is Cc1nccn1CC1CCCN(c2ccc(Cn3ccnc3)cn2)C1. The minimum atomic E-state index is 0.647. The number of piperidine rings is 1. The highest BCUT2D eigenvalue weighted by Gasteiger charge is 2.21. The number of nitrogens with zero attached hydrogens (tertiary/aromatic N) is 6.